The van der Waals surface area contributed by atoms with Crippen LogP contribution in [0.2, 0.25) is 0 Å². The van der Waals surface area contributed by atoms with E-state index < -0.39 is 0 Å². The van der Waals surface area contributed by atoms with Crippen molar-refractivity contribution in [2.24, 2.45) is 0 Å². The summed E-state index contributed by atoms with van der Waals surface area (Å²) in [5.74, 6) is 0. The van der Waals surface area contributed by atoms with E-state index in [1.807, 2.05) is 0 Å². The van der Waals surface area contributed by atoms with Crippen LogP contribution in [-0.4, -0.2) is 42.9 Å². The second-order valence-electron chi connectivity index (χ2n) is 8.46. The zero-order valence-corrected chi connectivity index (χ0v) is 20.6. The second kappa shape index (κ2) is 21.9. The quantitative estimate of drug-likeness (QED) is 0.159. The fourth-order valence-electron chi connectivity index (χ4n) is 3.84. The van der Waals surface area contributed by atoms with Crippen LogP contribution in [0.3, 0.4) is 0 Å². The van der Waals surface area contributed by atoms with E-state index in [1.165, 1.54) is 120 Å². The molecule has 1 N–H and O–H groups in total. The third kappa shape index (κ3) is 19.4. The van der Waals surface area contributed by atoms with Gasteiger partial charge < -0.3 is 33.6 Å². The number of quaternary nitrogens is 1. The molecule has 0 radical (unpaired) electrons. The zero-order chi connectivity index (χ0) is 18.6. The van der Waals surface area contributed by atoms with Gasteiger partial charge in [-0.2, -0.15) is 0 Å². The van der Waals surface area contributed by atoms with Gasteiger partial charge in [-0.3, -0.25) is 0 Å². The Bertz CT molecular complexity index is 243. The molecule has 0 aromatic heterocycles. The number of aliphatic hydroxyl groups is 1. The molecule has 160 valence electrons. The first kappa shape index (κ1) is 28.9. The highest BCUT2D eigenvalue weighted by atomic mass is 127. The number of halogens is 1. The van der Waals surface area contributed by atoms with E-state index in [0.29, 0.717) is 6.61 Å². The van der Waals surface area contributed by atoms with Crippen molar-refractivity contribution in [1.29, 1.82) is 0 Å². The van der Waals surface area contributed by atoms with Gasteiger partial charge in [0.25, 0.3) is 0 Å². The summed E-state index contributed by atoms with van der Waals surface area (Å²) in [7, 11) is 2.46. The molecule has 0 unspecified atom stereocenters. The van der Waals surface area contributed by atoms with E-state index in [4.69, 9.17) is 5.11 Å². The maximum Gasteiger partial charge on any atom is 0.0785 e. The molecule has 0 saturated carbocycles. The number of aliphatic hydroxyl groups excluding tert-OH is 1. The standard InChI is InChI=1S/C23H50NO.HI/c1-4-6-8-10-12-14-16-20-24(3,22-18-19-23-25)21-17-15-13-11-9-7-5-2;/h25H,4-23H2,1-3H3;1H/q+1;/p-1. The molecule has 0 aromatic rings. The molecular formula is C23H50INO. The Hall–Kier alpha value is 0.650. The van der Waals surface area contributed by atoms with Crippen molar-refractivity contribution < 1.29 is 33.6 Å². The summed E-state index contributed by atoms with van der Waals surface area (Å²) in [6.07, 6.45) is 21.8. The maximum atomic E-state index is 9.09. The van der Waals surface area contributed by atoms with E-state index in [9.17, 15) is 0 Å². The summed E-state index contributed by atoms with van der Waals surface area (Å²) >= 11 is 0. The van der Waals surface area contributed by atoms with Crippen LogP contribution in [0.5, 0.6) is 0 Å². The van der Waals surface area contributed by atoms with Crippen LogP contribution in [-0.2, 0) is 0 Å². The molecule has 0 aliphatic rings. The molecule has 0 rings (SSSR count). The lowest BCUT2D eigenvalue weighted by Gasteiger charge is -2.35. The molecule has 2 nitrogen and oxygen atoms in total. The molecule has 0 heterocycles. The number of nitrogens with zero attached hydrogens (tertiary/aromatic N) is 1. The zero-order valence-electron chi connectivity index (χ0n) is 18.4. The van der Waals surface area contributed by atoms with Crippen molar-refractivity contribution in [3.8, 4) is 0 Å². The SMILES string of the molecule is CCCCCCCCC[N+](C)(CCCCO)CCCCCCCCC.[I-]. The van der Waals surface area contributed by atoms with Crippen LogP contribution in [0.1, 0.15) is 117 Å². The minimum atomic E-state index is 0. The Balaban J connectivity index is 0. The Morgan fingerprint density at radius 3 is 1.15 bits per heavy atom. The average Bonchev–Trinajstić information content (AvgIpc) is 2.60. The van der Waals surface area contributed by atoms with Gasteiger partial charge >= 0.3 is 0 Å². The fraction of sp³-hybridized carbons (Fsp3) is 1.00. The van der Waals surface area contributed by atoms with Crippen molar-refractivity contribution in [3.05, 3.63) is 0 Å². The molecule has 0 amide bonds. The van der Waals surface area contributed by atoms with Gasteiger partial charge in [-0.1, -0.05) is 78.1 Å². The third-order valence-electron chi connectivity index (χ3n) is 5.71. The smallest absolute Gasteiger partial charge is 0.0785 e. The molecule has 0 bridgehead atoms. The molecule has 0 aliphatic carbocycles. The summed E-state index contributed by atoms with van der Waals surface area (Å²) in [5.41, 5.74) is 0. The summed E-state index contributed by atoms with van der Waals surface area (Å²) in [5, 5.41) is 9.09. The first-order chi connectivity index (χ1) is 12.2. The monoisotopic (exact) mass is 483 g/mol. The molecule has 0 aromatic carbocycles. The van der Waals surface area contributed by atoms with Crippen molar-refractivity contribution in [2.45, 2.75) is 117 Å². The van der Waals surface area contributed by atoms with Crippen LogP contribution >= 0.6 is 0 Å². The van der Waals surface area contributed by atoms with Crippen molar-refractivity contribution in [2.75, 3.05) is 33.3 Å². The van der Waals surface area contributed by atoms with Crippen molar-refractivity contribution >= 4 is 0 Å². The number of hydrogen-bond acceptors (Lipinski definition) is 1. The lowest BCUT2D eigenvalue weighted by molar-refractivity contribution is -0.910. The predicted molar refractivity (Wildman–Crippen MR) is 113 cm³/mol. The van der Waals surface area contributed by atoms with E-state index >= 15 is 0 Å². The van der Waals surface area contributed by atoms with Gasteiger partial charge in [-0.05, 0) is 38.5 Å². The van der Waals surface area contributed by atoms with Crippen LogP contribution in [0.15, 0.2) is 0 Å². The highest BCUT2D eigenvalue weighted by Gasteiger charge is 2.19. The van der Waals surface area contributed by atoms with Crippen LogP contribution in [0, 0.1) is 0 Å². The van der Waals surface area contributed by atoms with Gasteiger partial charge in [0.1, 0.15) is 0 Å². The largest absolute Gasteiger partial charge is 1.00 e. The van der Waals surface area contributed by atoms with Crippen molar-refractivity contribution in [1.82, 2.24) is 0 Å². The van der Waals surface area contributed by atoms with E-state index in [2.05, 4.69) is 20.9 Å². The Morgan fingerprint density at radius 1 is 0.500 bits per heavy atom. The second-order valence-corrected chi connectivity index (χ2v) is 8.46. The first-order valence-corrected chi connectivity index (χ1v) is 11.6. The van der Waals surface area contributed by atoms with Gasteiger partial charge in [-0.15, -0.1) is 0 Å². The Labute approximate surface area is 183 Å². The lowest BCUT2D eigenvalue weighted by Crippen LogP contribution is -3.00. The summed E-state index contributed by atoms with van der Waals surface area (Å²) in [6, 6.07) is 0. The molecule has 0 saturated heterocycles. The van der Waals surface area contributed by atoms with Crippen LogP contribution < -0.4 is 24.0 Å². The molecule has 26 heavy (non-hydrogen) atoms. The van der Waals surface area contributed by atoms with Gasteiger partial charge in [0.15, 0.2) is 0 Å². The van der Waals surface area contributed by atoms with Crippen LogP contribution in [0.25, 0.3) is 0 Å². The molecule has 0 atom stereocenters. The number of rotatable bonds is 20. The molecule has 3 heteroatoms. The van der Waals surface area contributed by atoms with Gasteiger partial charge in [0.05, 0.1) is 26.7 Å². The molecule has 0 spiro atoms. The highest BCUT2D eigenvalue weighted by molar-refractivity contribution is 4.50. The van der Waals surface area contributed by atoms with E-state index in [0.717, 1.165) is 6.42 Å². The highest BCUT2D eigenvalue weighted by Crippen LogP contribution is 2.15. The summed E-state index contributed by atoms with van der Waals surface area (Å²) < 4.78 is 1.24. The van der Waals surface area contributed by atoms with E-state index in [-0.39, 0.29) is 24.0 Å². The van der Waals surface area contributed by atoms with Crippen molar-refractivity contribution in [3.63, 3.8) is 0 Å². The van der Waals surface area contributed by atoms with Gasteiger partial charge in [-0.25, -0.2) is 0 Å². The normalized spacial score (nSPS) is 11.5. The first-order valence-electron chi connectivity index (χ1n) is 11.6. The summed E-state index contributed by atoms with van der Waals surface area (Å²) in [6.45, 7) is 8.88. The lowest BCUT2D eigenvalue weighted by atomic mass is 10.1. The predicted octanol–water partition coefficient (Wildman–Crippen LogP) is 3.71. The minimum absolute atomic E-state index is 0. The molecular weight excluding hydrogens is 433 g/mol. The topological polar surface area (TPSA) is 20.2 Å². The van der Waals surface area contributed by atoms with Gasteiger partial charge in [0.2, 0.25) is 0 Å². The van der Waals surface area contributed by atoms with Gasteiger partial charge in [0, 0.05) is 6.61 Å². The third-order valence-corrected chi connectivity index (χ3v) is 5.71. The number of unbranched alkanes of at least 4 members (excludes halogenated alkanes) is 13. The molecule has 0 fully saturated rings. The Kier molecular flexibility index (Phi) is 24.4. The molecule has 0 aliphatic heterocycles. The summed E-state index contributed by atoms with van der Waals surface area (Å²) in [4.78, 5) is 0. The Morgan fingerprint density at radius 2 is 0.808 bits per heavy atom. The minimum Gasteiger partial charge on any atom is -1.00 e. The van der Waals surface area contributed by atoms with E-state index in [1.54, 1.807) is 0 Å². The maximum absolute atomic E-state index is 9.09. The van der Waals surface area contributed by atoms with Crippen LogP contribution in [0.4, 0.5) is 0 Å². The average molecular weight is 484 g/mol. The number of hydrogen-bond donors (Lipinski definition) is 1. The fourth-order valence-corrected chi connectivity index (χ4v) is 3.84.